The summed E-state index contributed by atoms with van der Waals surface area (Å²) in [5, 5.41) is 0. The minimum atomic E-state index is -0.112. The molecule has 0 aliphatic heterocycles. The Bertz CT molecular complexity index is 168. The highest BCUT2D eigenvalue weighted by molar-refractivity contribution is 5.75. The number of hydrazine groups is 1. The number of nitrogens with two attached hydrogens (primary N) is 1. The smallest absolute Gasteiger partial charge is 0.235 e. The summed E-state index contributed by atoms with van der Waals surface area (Å²) in [5.74, 6) is 4.87. The van der Waals surface area contributed by atoms with Crippen LogP contribution in [-0.2, 0) is 4.79 Å². The quantitative estimate of drug-likeness (QED) is 0.374. The lowest BCUT2D eigenvalue weighted by molar-refractivity contribution is -0.121. The molecule has 4 heteroatoms. The standard InChI is InChI=1S/C9H21N3O/c1-5-9(2,3)12(4)7-6-8(13)11-10/h5-7,10H2,1-4H3,(H,11,13). The van der Waals surface area contributed by atoms with Gasteiger partial charge >= 0.3 is 0 Å². The summed E-state index contributed by atoms with van der Waals surface area (Å²) in [6.07, 6.45) is 1.52. The number of nitrogens with one attached hydrogen (secondary N) is 1. The van der Waals surface area contributed by atoms with Crippen molar-refractivity contribution in [2.24, 2.45) is 5.84 Å². The molecule has 0 saturated carbocycles. The van der Waals surface area contributed by atoms with Crippen molar-refractivity contribution in [2.45, 2.75) is 39.2 Å². The Balaban J connectivity index is 3.87. The first-order valence-corrected chi connectivity index (χ1v) is 4.64. The van der Waals surface area contributed by atoms with Crippen LogP contribution in [-0.4, -0.2) is 29.9 Å². The van der Waals surface area contributed by atoms with Crippen LogP contribution in [0, 0.1) is 0 Å². The highest BCUT2D eigenvalue weighted by Gasteiger charge is 2.20. The monoisotopic (exact) mass is 187 g/mol. The first-order chi connectivity index (χ1) is 5.94. The van der Waals surface area contributed by atoms with Crippen LogP contribution in [0.2, 0.25) is 0 Å². The summed E-state index contributed by atoms with van der Waals surface area (Å²) < 4.78 is 0. The van der Waals surface area contributed by atoms with Crippen molar-refractivity contribution in [1.82, 2.24) is 10.3 Å². The van der Waals surface area contributed by atoms with Crippen LogP contribution in [0.4, 0.5) is 0 Å². The number of hydrogen-bond donors (Lipinski definition) is 2. The molecule has 78 valence electrons. The van der Waals surface area contributed by atoms with Crippen LogP contribution in [0.3, 0.4) is 0 Å². The van der Waals surface area contributed by atoms with Crippen LogP contribution in [0.5, 0.6) is 0 Å². The molecule has 1 amide bonds. The van der Waals surface area contributed by atoms with Gasteiger partial charge in [0.25, 0.3) is 0 Å². The Morgan fingerprint density at radius 1 is 1.54 bits per heavy atom. The van der Waals surface area contributed by atoms with Gasteiger partial charge in [-0.15, -0.1) is 0 Å². The zero-order valence-electron chi connectivity index (χ0n) is 9.05. The van der Waals surface area contributed by atoms with Gasteiger partial charge in [0.2, 0.25) is 5.91 Å². The van der Waals surface area contributed by atoms with E-state index in [9.17, 15) is 4.79 Å². The second-order valence-corrected chi connectivity index (χ2v) is 3.91. The van der Waals surface area contributed by atoms with E-state index >= 15 is 0 Å². The van der Waals surface area contributed by atoms with Gasteiger partial charge in [0.15, 0.2) is 0 Å². The molecule has 0 aromatic rings. The van der Waals surface area contributed by atoms with Gasteiger partial charge in [-0.3, -0.25) is 10.2 Å². The third-order valence-electron chi connectivity index (χ3n) is 2.73. The highest BCUT2D eigenvalue weighted by Crippen LogP contribution is 2.15. The topological polar surface area (TPSA) is 58.4 Å². The number of hydrogen-bond acceptors (Lipinski definition) is 3. The fourth-order valence-corrected chi connectivity index (χ4v) is 0.914. The largest absolute Gasteiger partial charge is 0.301 e. The van der Waals surface area contributed by atoms with Gasteiger partial charge in [0.05, 0.1) is 0 Å². The third-order valence-corrected chi connectivity index (χ3v) is 2.73. The molecule has 0 aliphatic rings. The van der Waals surface area contributed by atoms with Crippen molar-refractivity contribution < 1.29 is 4.79 Å². The summed E-state index contributed by atoms with van der Waals surface area (Å²) in [6.45, 7) is 7.20. The molecule has 0 aromatic heterocycles. The Hall–Kier alpha value is -0.610. The lowest BCUT2D eigenvalue weighted by Crippen LogP contribution is -2.43. The van der Waals surface area contributed by atoms with E-state index in [1.165, 1.54) is 0 Å². The van der Waals surface area contributed by atoms with E-state index < -0.39 is 0 Å². The minimum Gasteiger partial charge on any atom is -0.301 e. The second kappa shape index (κ2) is 5.19. The molecule has 4 nitrogen and oxygen atoms in total. The fourth-order valence-electron chi connectivity index (χ4n) is 0.914. The van der Waals surface area contributed by atoms with E-state index in [0.29, 0.717) is 6.42 Å². The van der Waals surface area contributed by atoms with Crippen LogP contribution in [0.25, 0.3) is 0 Å². The average molecular weight is 187 g/mol. The number of nitrogens with zero attached hydrogens (tertiary/aromatic N) is 1. The maximum atomic E-state index is 10.9. The van der Waals surface area contributed by atoms with Gasteiger partial charge in [0.1, 0.15) is 0 Å². The molecule has 0 heterocycles. The Morgan fingerprint density at radius 3 is 2.46 bits per heavy atom. The second-order valence-electron chi connectivity index (χ2n) is 3.91. The van der Waals surface area contributed by atoms with Gasteiger partial charge in [-0.2, -0.15) is 0 Å². The molecular formula is C9H21N3O. The van der Waals surface area contributed by atoms with E-state index in [0.717, 1.165) is 13.0 Å². The number of amides is 1. The third kappa shape index (κ3) is 4.24. The summed E-state index contributed by atoms with van der Waals surface area (Å²) in [4.78, 5) is 13.0. The number of rotatable bonds is 5. The molecule has 0 rings (SSSR count). The van der Waals surface area contributed by atoms with Gasteiger partial charge in [-0.1, -0.05) is 6.92 Å². The van der Waals surface area contributed by atoms with E-state index in [-0.39, 0.29) is 11.4 Å². The van der Waals surface area contributed by atoms with E-state index in [2.05, 4.69) is 31.1 Å². The summed E-state index contributed by atoms with van der Waals surface area (Å²) in [5.41, 5.74) is 2.27. The minimum absolute atomic E-state index is 0.112. The average Bonchev–Trinajstić information content (AvgIpc) is 2.13. The van der Waals surface area contributed by atoms with Crippen LogP contribution in [0.15, 0.2) is 0 Å². The van der Waals surface area contributed by atoms with Crippen molar-refractivity contribution in [3.05, 3.63) is 0 Å². The molecule has 0 radical (unpaired) electrons. The van der Waals surface area contributed by atoms with E-state index in [4.69, 9.17) is 5.84 Å². The van der Waals surface area contributed by atoms with Crippen molar-refractivity contribution in [3.63, 3.8) is 0 Å². The Kier molecular flexibility index (Phi) is 4.95. The molecule has 0 aromatic carbocycles. The van der Waals surface area contributed by atoms with Crippen molar-refractivity contribution in [1.29, 1.82) is 0 Å². The van der Waals surface area contributed by atoms with Crippen LogP contribution < -0.4 is 11.3 Å². The molecule has 0 bridgehead atoms. The maximum absolute atomic E-state index is 10.9. The van der Waals surface area contributed by atoms with E-state index in [1.807, 2.05) is 7.05 Å². The summed E-state index contributed by atoms with van der Waals surface area (Å²) in [6, 6.07) is 0. The predicted molar refractivity (Wildman–Crippen MR) is 53.9 cm³/mol. The van der Waals surface area contributed by atoms with Crippen LogP contribution in [0.1, 0.15) is 33.6 Å². The van der Waals surface area contributed by atoms with Gasteiger partial charge < -0.3 is 4.90 Å². The van der Waals surface area contributed by atoms with Gasteiger partial charge in [0, 0.05) is 18.5 Å². The molecule has 0 fully saturated rings. The SMILES string of the molecule is CCC(C)(C)N(C)CCC(=O)NN. The molecule has 0 saturated heterocycles. The van der Waals surface area contributed by atoms with Crippen molar-refractivity contribution >= 4 is 5.91 Å². The Labute approximate surface area is 80.4 Å². The predicted octanol–water partition coefficient (Wildman–Crippen LogP) is 0.487. The zero-order chi connectivity index (χ0) is 10.5. The first kappa shape index (κ1) is 12.4. The summed E-state index contributed by atoms with van der Waals surface area (Å²) in [7, 11) is 2.02. The molecule has 0 atom stereocenters. The van der Waals surface area contributed by atoms with E-state index in [1.54, 1.807) is 0 Å². The molecule has 0 aliphatic carbocycles. The normalized spacial score (nSPS) is 11.8. The molecule has 13 heavy (non-hydrogen) atoms. The van der Waals surface area contributed by atoms with Crippen molar-refractivity contribution in [2.75, 3.05) is 13.6 Å². The fraction of sp³-hybridized carbons (Fsp3) is 0.889. The van der Waals surface area contributed by atoms with Crippen LogP contribution >= 0.6 is 0 Å². The Morgan fingerprint density at radius 2 is 2.08 bits per heavy atom. The summed E-state index contributed by atoms with van der Waals surface area (Å²) >= 11 is 0. The maximum Gasteiger partial charge on any atom is 0.235 e. The highest BCUT2D eigenvalue weighted by atomic mass is 16.2. The molecular weight excluding hydrogens is 166 g/mol. The van der Waals surface area contributed by atoms with Gasteiger partial charge in [-0.25, -0.2) is 5.84 Å². The van der Waals surface area contributed by atoms with Crippen molar-refractivity contribution in [3.8, 4) is 0 Å². The number of carbonyl (C=O) groups excluding carboxylic acids is 1. The lowest BCUT2D eigenvalue weighted by atomic mass is 10.00. The zero-order valence-corrected chi connectivity index (χ0v) is 9.05. The lowest BCUT2D eigenvalue weighted by Gasteiger charge is -2.34. The molecule has 0 spiro atoms. The molecule has 3 N–H and O–H groups in total. The van der Waals surface area contributed by atoms with Gasteiger partial charge in [-0.05, 0) is 27.3 Å². The molecule has 0 unspecified atom stereocenters. The first-order valence-electron chi connectivity index (χ1n) is 4.64. The number of carbonyl (C=O) groups is 1.